The van der Waals surface area contributed by atoms with Gasteiger partial charge in [-0.05, 0) is 23.8 Å². The molecule has 1 atom stereocenters. The first-order valence-electron chi connectivity index (χ1n) is 10.3. The Hall–Kier alpha value is -3.71. The summed E-state index contributed by atoms with van der Waals surface area (Å²) in [4.78, 5) is 28.5. The number of hydrogen-bond acceptors (Lipinski definition) is 5. The summed E-state index contributed by atoms with van der Waals surface area (Å²) in [6, 6.07) is 25.5. The highest BCUT2D eigenvalue weighted by atomic mass is 16.6. The van der Waals surface area contributed by atoms with Gasteiger partial charge in [0.15, 0.2) is 0 Å². The Kier molecular flexibility index (Phi) is 6.24. The van der Waals surface area contributed by atoms with E-state index in [2.05, 4.69) is 10.2 Å². The van der Waals surface area contributed by atoms with Crippen LogP contribution in [0.5, 0.6) is 0 Å². The predicted octanol–water partition coefficient (Wildman–Crippen LogP) is 4.10. The van der Waals surface area contributed by atoms with E-state index in [-0.39, 0.29) is 16.5 Å². The minimum atomic E-state index is -0.436. The third-order valence-corrected chi connectivity index (χ3v) is 5.50. The number of amides is 1. The van der Waals surface area contributed by atoms with Crippen molar-refractivity contribution in [3.05, 3.63) is 101 Å². The summed E-state index contributed by atoms with van der Waals surface area (Å²) in [5.74, 6) is -0.0865. The van der Waals surface area contributed by atoms with Crippen molar-refractivity contribution < 1.29 is 9.72 Å². The number of nitro groups is 1. The molecule has 1 amide bonds. The number of para-hydroxylation sites is 3. The molecule has 3 aromatic carbocycles. The van der Waals surface area contributed by atoms with E-state index >= 15 is 0 Å². The molecule has 1 N–H and O–H groups in total. The van der Waals surface area contributed by atoms with Crippen LogP contribution in [0.2, 0.25) is 0 Å². The number of benzene rings is 3. The highest BCUT2D eigenvalue weighted by Gasteiger charge is 2.32. The molecule has 3 aromatic rings. The van der Waals surface area contributed by atoms with Crippen molar-refractivity contribution in [2.45, 2.75) is 6.04 Å². The van der Waals surface area contributed by atoms with E-state index in [4.69, 9.17) is 0 Å². The number of carbonyl (C=O) groups excluding carboxylic acids is 1. The van der Waals surface area contributed by atoms with Gasteiger partial charge >= 0.3 is 0 Å². The average Bonchev–Trinajstić information content (AvgIpc) is 2.81. The van der Waals surface area contributed by atoms with Gasteiger partial charge in [0, 0.05) is 37.9 Å². The minimum absolute atomic E-state index is 0.0865. The van der Waals surface area contributed by atoms with Crippen molar-refractivity contribution in [2.24, 2.45) is 0 Å². The SMILES string of the molecule is O=C(Nc1ccccc1)C(c1ccccc1)N1CCN(c2ccccc2[N+](=O)[O-])CC1. The van der Waals surface area contributed by atoms with Crippen molar-refractivity contribution in [3.8, 4) is 0 Å². The van der Waals surface area contributed by atoms with Crippen LogP contribution in [0, 0.1) is 10.1 Å². The van der Waals surface area contributed by atoms with Gasteiger partial charge in [-0.3, -0.25) is 19.8 Å². The lowest BCUT2D eigenvalue weighted by molar-refractivity contribution is -0.384. The van der Waals surface area contributed by atoms with Gasteiger partial charge < -0.3 is 10.2 Å². The number of piperazine rings is 1. The van der Waals surface area contributed by atoms with Crippen LogP contribution in [0.4, 0.5) is 17.1 Å². The summed E-state index contributed by atoms with van der Waals surface area (Å²) in [7, 11) is 0. The van der Waals surface area contributed by atoms with E-state index in [1.54, 1.807) is 12.1 Å². The summed E-state index contributed by atoms with van der Waals surface area (Å²) in [6.07, 6.45) is 0. The Morgan fingerprint density at radius 3 is 2.06 bits per heavy atom. The molecule has 0 radical (unpaired) electrons. The van der Waals surface area contributed by atoms with Crippen LogP contribution in [0.3, 0.4) is 0 Å². The molecular weight excluding hydrogens is 392 g/mol. The Bertz CT molecular complexity index is 1030. The van der Waals surface area contributed by atoms with E-state index < -0.39 is 6.04 Å². The maximum absolute atomic E-state index is 13.3. The van der Waals surface area contributed by atoms with Gasteiger partial charge in [-0.25, -0.2) is 0 Å². The molecule has 1 fully saturated rings. The molecule has 158 valence electrons. The second-order valence-corrected chi connectivity index (χ2v) is 7.44. The quantitative estimate of drug-likeness (QED) is 0.484. The molecule has 0 bridgehead atoms. The molecule has 7 nitrogen and oxygen atoms in total. The van der Waals surface area contributed by atoms with E-state index in [9.17, 15) is 14.9 Å². The molecule has 0 spiro atoms. The van der Waals surface area contributed by atoms with Gasteiger partial charge in [0.2, 0.25) is 5.91 Å². The molecule has 0 aliphatic carbocycles. The first-order chi connectivity index (χ1) is 15.1. The molecule has 1 aliphatic rings. The number of anilines is 2. The first kappa shape index (κ1) is 20.6. The fourth-order valence-corrected chi connectivity index (χ4v) is 4.00. The topological polar surface area (TPSA) is 78.7 Å². The molecular formula is C24H24N4O3. The van der Waals surface area contributed by atoms with Crippen LogP contribution in [0.1, 0.15) is 11.6 Å². The summed E-state index contributed by atoms with van der Waals surface area (Å²) in [5.41, 5.74) is 2.41. The molecule has 7 heteroatoms. The normalized spacial score (nSPS) is 15.3. The summed E-state index contributed by atoms with van der Waals surface area (Å²) < 4.78 is 0. The smallest absolute Gasteiger partial charge is 0.292 e. The second kappa shape index (κ2) is 9.40. The molecule has 1 aliphatic heterocycles. The van der Waals surface area contributed by atoms with Crippen LogP contribution >= 0.6 is 0 Å². The minimum Gasteiger partial charge on any atom is -0.363 e. The molecule has 1 saturated heterocycles. The number of carbonyl (C=O) groups is 1. The zero-order valence-electron chi connectivity index (χ0n) is 17.1. The number of rotatable bonds is 6. The number of nitrogens with zero attached hydrogens (tertiary/aromatic N) is 3. The van der Waals surface area contributed by atoms with Gasteiger partial charge in [0.05, 0.1) is 4.92 Å². The van der Waals surface area contributed by atoms with Gasteiger partial charge in [0.25, 0.3) is 5.69 Å². The Morgan fingerprint density at radius 2 is 1.42 bits per heavy atom. The standard InChI is InChI=1S/C24H24N4O3/c29-24(25-20-11-5-2-6-12-20)23(19-9-3-1-4-10-19)27-17-15-26(16-18-27)21-13-7-8-14-22(21)28(30)31/h1-14,23H,15-18H2,(H,25,29). The van der Waals surface area contributed by atoms with Crippen molar-refractivity contribution in [3.63, 3.8) is 0 Å². The van der Waals surface area contributed by atoms with E-state index in [1.807, 2.05) is 71.6 Å². The largest absolute Gasteiger partial charge is 0.363 e. The highest BCUT2D eigenvalue weighted by molar-refractivity contribution is 5.95. The summed E-state index contributed by atoms with van der Waals surface area (Å²) in [5, 5.41) is 14.4. The lowest BCUT2D eigenvalue weighted by Crippen LogP contribution is -2.50. The summed E-state index contributed by atoms with van der Waals surface area (Å²) in [6.45, 7) is 2.45. The zero-order valence-corrected chi connectivity index (χ0v) is 17.1. The third kappa shape index (κ3) is 4.73. The van der Waals surface area contributed by atoms with Crippen LogP contribution in [0.15, 0.2) is 84.9 Å². The number of hydrogen-bond donors (Lipinski definition) is 1. The number of nitrogens with one attached hydrogen (secondary N) is 1. The molecule has 4 rings (SSSR count). The third-order valence-electron chi connectivity index (χ3n) is 5.50. The molecule has 1 unspecified atom stereocenters. The van der Waals surface area contributed by atoms with Crippen LogP contribution in [-0.2, 0) is 4.79 Å². The second-order valence-electron chi connectivity index (χ2n) is 7.44. The zero-order chi connectivity index (χ0) is 21.6. The van der Waals surface area contributed by atoms with Gasteiger partial charge in [-0.1, -0.05) is 60.7 Å². The fraction of sp³-hybridized carbons (Fsp3) is 0.208. The van der Waals surface area contributed by atoms with Crippen LogP contribution in [0.25, 0.3) is 0 Å². The first-order valence-corrected chi connectivity index (χ1v) is 10.3. The molecule has 1 heterocycles. The lowest BCUT2D eigenvalue weighted by atomic mass is 10.0. The fourth-order valence-electron chi connectivity index (χ4n) is 4.00. The van der Waals surface area contributed by atoms with Crippen molar-refractivity contribution >= 4 is 23.0 Å². The van der Waals surface area contributed by atoms with E-state index in [0.29, 0.717) is 31.9 Å². The molecule has 31 heavy (non-hydrogen) atoms. The van der Waals surface area contributed by atoms with Crippen LogP contribution < -0.4 is 10.2 Å². The number of nitro benzene ring substituents is 1. The lowest BCUT2D eigenvalue weighted by Gasteiger charge is -2.39. The van der Waals surface area contributed by atoms with Gasteiger partial charge in [0.1, 0.15) is 11.7 Å². The maximum atomic E-state index is 13.3. The van der Waals surface area contributed by atoms with Crippen molar-refractivity contribution in [2.75, 3.05) is 36.4 Å². The summed E-state index contributed by atoms with van der Waals surface area (Å²) >= 11 is 0. The van der Waals surface area contributed by atoms with E-state index in [1.165, 1.54) is 6.07 Å². The Morgan fingerprint density at radius 1 is 0.839 bits per heavy atom. The Labute approximate surface area is 181 Å². The monoisotopic (exact) mass is 416 g/mol. The van der Waals surface area contributed by atoms with Crippen LogP contribution in [-0.4, -0.2) is 41.9 Å². The maximum Gasteiger partial charge on any atom is 0.292 e. The van der Waals surface area contributed by atoms with Gasteiger partial charge in [-0.15, -0.1) is 0 Å². The van der Waals surface area contributed by atoms with Crippen molar-refractivity contribution in [1.82, 2.24) is 4.90 Å². The van der Waals surface area contributed by atoms with Crippen molar-refractivity contribution in [1.29, 1.82) is 0 Å². The molecule has 0 saturated carbocycles. The van der Waals surface area contributed by atoms with E-state index in [0.717, 1.165) is 11.3 Å². The predicted molar refractivity (Wildman–Crippen MR) is 121 cm³/mol. The average molecular weight is 416 g/mol. The Balaban J connectivity index is 1.53. The highest BCUT2D eigenvalue weighted by Crippen LogP contribution is 2.30. The molecule has 0 aromatic heterocycles. The van der Waals surface area contributed by atoms with Gasteiger partial charge in [-0.2, -0.15) is 0 Å².